The Balaban J connectivity index is 1.86. The second-order valence-corrected chi connectivity index (χ2v) is 5.73. The molecule has 0 spiro atoms. The van der Waals surface area contributed by atoms with Gasteiger partial charge in [0.1, 0.15) is 24.0 Å². The number of carbonyl (C=O) groups excluding carboxylic acids is 1. The van der Waals surface area contributed by atoms with Crippen molar-refractivity contribution in [3.63, 3.8) is 0 Å². The van der Waals surface area contributed by atoms with Gasteiger partial charge in [0.15, 0.2) is 0 Å². The summed E-state index contributed by atoms with van der Waals surface area (Å²) < 4.78 is 6.12. The van der Waals surface area contributed by atoms with Gasteiger partial charge in [-0.05, 0) is 31.9 Å². The predicted molar refractivity (Wildman–Crippen MR) is 87.8 cm³/mol. The standard InChI is InChI=1S/C16H21N5O2/c1-10(12-5-3-7-21(12)14(22)8-17)23-13-6-2-4-11-15(13)16(18)20-9-19-11/h2,4,6,9-10,12H,3,5,7-8,17H2,1H3,(H2,18,19,20)/t10-,12+/m0/s1. The normalized spacial score (nSPS) is 19.0. The fraction of sp³-hybridized carbons (Fsp3) is 0.438. The minimum atomic E-state index is -0.168. The van der Waals surface area contributed by atoms with Gasteiger partial charge in [0, 0.05) is 6.54 Å². The van der Waals surface area contributed by atoms with Crippen molar-refractivity contribution in [3.8, 4) is 5.75 Å². The molecule has 1 saturated heterocycles. The summed E-state index contributed by atoms with van der Waals surface area (Å²) in [6.07, 6.45) is 3.14. The van der Waals surface area contributed by atoms with Crippen molar-refractivity contribution in [2.45, 2.75) is 31.9 Å². The van der Waals surface area contributed by atoms with Crippen LogP contribution in [0.2, 0.25) is 0 Å². The van der Waals surface area contributed by atoms with Crippen molar-refractivity contribution in [2.24, 2.45) is 5.73 Å². The highest BCUT2D eigenvalue weighted by Crippen LogP contribution is 2.31. The molecule has 2 atom stereocenters. The lowest BCUT2D eigenvalue weighted by molar-refractivity contribution is -0.131. The van der Waals surface area contributed by atoms with E-state index < -0.39 is 0 Å². The highest BCUT2D eigenvalue weighted by Gasteiger charge is 2.33. The van der Waals surface area contributed by atoms with Crippen LogP contribution in [0, 0.1) is 0 Å². The molecule has 2 aromatic rings. The summed E-state index contributed by atoms with van der Waals surface area (Å²) >= 11 is 0. The molecule has 1 aromatic carbocycles. The number of fused-ring (bicyclic) bond motifs is 1. The molecule has 0 bridgehead atoms. The van der Waals surface area contributed by atoms with Crippen molar-refractivity contribution < 1.29 is 9.53 Å². The number of nitrogens with two attached hydrogens (primary N) is 2. The number of ether oxygens (including phenoxy) is 1. The summed E-state index contributed by atoms with van der Waals surface area (Å²) in [5, 5.41) is 0.705. The Morgan fingerprint density at radius 1 is 1.48 bits per heavy atom. The summed E-state index contributed by atoms with van der Waals surface area (Å²) in [6, 6.07) is 5.61. The van der Waals surface area contributed by atoms with Crippen molar-refractivity contribution in [1.82, 2.24) is 14.9 Å². The molecule has 4 N–H and O–H groups in total. The maximum Gasteiger partial charge on any atom is 0.236 e. The fourth-order valence-electron chi connectivity index (χ4n) is 3.19. The van der Waals surface area contributed by atoms with Crippen LogP contribution in [0.4, 0.5) is 5.82 Å². The minimum absolute atomic E-state index is 0.0205. The van der Waals surface area contributed by atoms with Crippen molar-refractivity contribution in [3.05, 3.63) is 24.5 Å². The molecule has 3 rings (SSSR count). The van der Waals surface area contributed by atoms with E-state index in [1.165, 1.54) is 6.33 Å². The first kappa shape index (κ1) is 15.5. The molecule has 0 aliphatic carbocycles. The predicted octanol–water partition coefficient (Wildman–Crippen LogP) is 0.929. The zero-order valence-corrected chi connectivity index (χ0v) is 13.1. The topological polar surface area (TPSA) is 107 Å². The van der Waals surface area contributed by atoms with Crippen LogP contribution in [0.1, 0.15) is 19.8 Å². The summed E-state index contributed by atoms with van der Waals surface area (Å²) in [5.41, 5.74) is 12.2. The Kier molecular flexibility index (Phi) is 4.29. The molecule has 1 amide bonds. The van der Waals surface area contributed by atoms with Gasteiger partial charge in [0.25, 0.3) is 0 Å². The summed E-state index contributed by atoms with van der Waals surface area (Å²) in [6.45, 7) is 2.72. The van der Waals surface area contributed by atoms with E-state index in [1.54, 1.807) is 0 Å². The maximum absolute atomic E-state index is 12.0. The van der Waals surface area contributed by atoms with E-state index in [2.05, 4.69) is 9.97 Å². The first-order chi connectivity index (χ1) is 11.1. The van der Waals surface area contributed by atoms with Gasteiger partial charge in [-0.3, -0.25) is 4.79 Å². The number of benzene rings is 1. The molecule has 7 heteroatoms. The summed E-state index contributed by atoms with van der Waals surface area (Å²) in [7, 11) is 0. The Bertz CT molecular complexity index is 715. The minimum Gasteiger partial charge on any atom is -0.488 e. The number of nitrogens with zero attached hydrogens (tertiary/aromatic N) is 3. The monoisotopic (exact) mass is 315 g/mol. The van der Waals surface area contributed by atoms with E-state index in [4.69, 9.17) is 16.2 Å². The van der Waals surface area contributed by atoms with E-state index in [-0.39, 0.29) is 24.6 Å². The van der Waals surface area contributed by atoms with Crippen LogP contribution < -0.4 is 16.2 Å². The smallest absolute Gasteiger partial charge is 0.236 e. The zero-order chi connectivity index (χ0) is 16.4. The fourth-order valence-corrected chi connectivity index (χ4v) is 3.19. The summed E-state index contributed by atoms with van der Waals surface area (Å²) in [5.74, 6) is 0.989. The SMILES string of the molecule is C[C@H](Oc1cccc2ncnc(N)c12)[C@H]1CCCN1C(=O)CN. The van der Waals surface area contributed by atoms with E-state index >= 15 is 0 Å². The van der Waals surface area contributed by atoms with Gasteiger partial charge in [-0.15, -0.1) is 0 Å². The van der Waals surface area contributed by atoms with Crippen LogP contribution in [-0.4, -0.2) is 46.0 Å². The molecular weight excluding hydrogens is 294 g/mol. The molecule has 1 fully saturated rings. The molecular formula is C16H21N5O2. The lowest BCUT2D eigenvalue weighted by Crippen LogP contribution is -2.46. The molecule has 0 radical (unpaired) electrons. The van der Waals surface area contributed by atoms with E-state index in [9.17, 15) is 4.79 Å². The molecule has 122 valence electrons. The molecule has 1 aliphatic rings. The lowest BCUT2D eigenvalue weighted by atomic mass is 10.1. The second kappa shape index (κ2) is 6.37. The highest BCUT2D eigenvalue weighted by atomic mass is 16.5. The Labute approximate surface area is 134 Å². The van der Waals surface area contributed by atoms with Crippen LogP contribution in [-0.2, 0) is 4.79 Å². The zero-order valence-electron chi connectivity index (χ0n) is 13.1. The average molecular weight is 315 g/mol. The average Bonchev–Trinajstić information content (AvgIpc) is 3.04. The third-order valence-electron chi connectivity index (χ3n) is 4.30. The molecule has 0 unspecified atom stereocenters. The van der Waals surface area contributed by atoms with Crippen LogP contribution in [0.15, 0.2) is 24.5 Å². The first-order valence-electron chi connectivity index (χ1n) is 7.77. The highest BCUT2D eigenvalue weighted by molar-refractivity contribution is 5.93. The van der Waals surface area contributed by atoms with E-state index in [0.29, 0.717) is 17.0 Å². The summed E-state index contributed by atoms with van der Waals surface area (Å²) in [4.78, 5) is 22.0. The Hall–Kier alpha value is -2.41. The van der Waals surface area contributed by atoms with Gasteiger partial charge >= 0.3 is 0 Å². The van der Waals surface area contributed by atoms with Crippen molar-refractivity contribution in [2.75, 3.05) is 18.8 Å². The molecule has 2 heterocycles. The molecule has 0 saturated carbocycles. The number of amides is 1. The third-order valence-corrected chi connectivity index (χ3v) is 4.30. The van der Waals surface area contributed by atoms with E-state index in [1.807, 2.05) is 30.0 Å². The van der Waals surface area contributed by atoms with Crippen molar-refractivity contribution in [1.29, 1.82) is 0 Å². The number of likely N-dealkylation sites (tertiary alicyclic amines) is 1. The lowest BCUT2D eigenvalue weighted by Gasteiger charge is -2.30. The van der Waals surface area contributed by atoms with Gasteiger partial charge in [-0.25, -0.2) is 9.97 Å². The number of rotatable bonds is 4. The molecule has 1 aliphatic heterocycles. The maximum atomic E-state index is 12.0. The Morgan fingerprint density at radius 2 is 2.30 bits per heavy atom. The largest absolute Gasteiger partial charge is 0.488 e. The number of nitrogen functional groups attached to an aromatic ring is 1. The van der Waals surface area contributed by atoms with Crippen LogP contribution in [0.5, 0.6) is 5.75 Å². The number of hydrogen-bond donors (Lipinski definition) is 2. The quantitative estimate of drug-likeness (QED) is 0.869. The van der Waals surface area contributed by atoms with Gasteiger partial charge < -0.3 is 21.1 Å². The van der Waals surface area contributed by atoms with Gasteiger partial charge in [-0.1, -0.05) is 6.07 Å². The van der Waals surface area contributed by atoms with E-state index in [0.717, 1.165) is 24.9 Å². The molecule has 1 aromatic heterocycles. The molecule has 23 heavy (non-hydrogen) atoms. The third kappa shape index (κ3) is 2.92. The Morgan fingerprint density at radius 3 is 3.09 bits per heavy atom. The number of aromatic nitrogens is 2. The van der Waals surface area contributed by atoms with Crippen LogP contribution in [0.3, 0.4) is 0 Å². The first-order valence-corrected chi connectivity index (χ1v) is 7.77. The van der Waals surface area contributed by atoms with Crippen LogP contribution >= 0.6 is 0 Å². The van der Waals surface area contributed by atoms with Crippen LogP contribution in [0.25, 0.3) is 10.9 Å². The number of hydrogen-bond acceptors (Lipinski definition) is 6. The van der Waals surface area contributed by atoms with Gasteiger partial charge in [-0.2, -0.15) is 0 Å². The number of anilines is 1. The second-order valence-electron chi connectivity index (χ2n) is 5.73. The van der Waals surface area contributed by atoms with Gasteiger partial charge in [0.05, 0.1) is 23.5 Å². The number of carbonyl (C=O) groups is 1. The van der Waals surface area contributed by atoms with Gasteiger partial charge in [0.2, 0.25) is 5.91 Å². The van der Waals surface area contributed by atoms with Crippen molar-refractivity contribution >= 4 is 22.6 Å². The molecule has 7 nitrogen and oxygen atoms in total.